The first-order valence-electron chi connectivity index (χ1n) is 9.14. The Hall–Kier alpha value is -0.0400. The predicted molar refractivity (Wildman–Crippen MR) is 91.4 cm³/mol. The van der Waals surface area contributed by atoms with Crippen LogP contribution in [0.2, 0.25) is 0 Å². The maximum Gasteiger partial charge on any atom is 0.0514 e. The molecule has 0 bridgehead atoms. The van der Waals surface area contributed by atoms with Crippen molar-refractivity contribution in [1.82, 2.24) is 0 Å². The molecule has 0 aliphatic heterocycles. The molecular formula is C19H40O. The minimum atomic E-state index is 0.317. The minimum absolute atomic E-state index is 0.317. The van der Waals surface area contributed by atoms with Crippen LogP contribution in [0.3, 0.4) is 0 Å². The van der Waals surface area contributed by atoms with Gasteiger partial charge in [0.15, 0.2) is 0 Å². The van der Waals surface area contributed by atoms with Crippen molar-refractivity contribution in [2.45, 2.75) is 105 Å². The highest BCUT2D eigenvalue weighted by Crippen LogP contribution is 2.14. The average Bonchev–Trinajstić information content (AvgIpc) is 2.38. The summed E-state index contributed by atoms with van der Waals surface area (Å²) in [6.07, 6.45) is 16.9. The Morgan fingerprint density at radius 2 is 1.00 bits per heavy atom. The normalized spacial score (nSPS) is 12.0. The van der Waals surface area contributed by atoms with Crippen molar-refractivity contribution in [3.05, 3.63) is 0 Å². The summed E-state index contributed by atoms with van der Waals surface area (Å²) in [6.45, 7) is 10.8. The summed E-state index contributed by atoms with van der Waals surface area (Å²) in [5.74, 6) is 0. The molecule has 0 heterocycles. The monoisotopic (exact) mass is 284 g/mol. The molecule has 0 rings (SSSR count). The number of hydrogen-bond acceptors (Lipinski definition) is 1. The molecule has 1 nitrogen and oxygen atoms in total. The van der Waals surface area contributed by atoms with Gasteiger partial charge in [-0.05, 0) is 11.8 Å². The van der Waals surface area contributed by atoms with Crippen LogP contribution >= 0.6 is 0 Å². The summed E-state index contributed by atoms with van der Waals surface area (Å²) < 4.78 is 5.69. The second kappa shape index (κ2) is 13.9. The van der Waals surface area contributed by atoms with Crippen molar-refractivity contribution >= 4 is 0 Å². The van der Waals surface area contributed by atoms with Crippen LogP contribution in [0.4, 0.5) is 0 Å². The second-order valence-corrected chi connectivity index (χ2v) is 7.50. The molecule has 0 aromatic carbocycles. The lowest BCUT2D eigenvalue weighted by atomic mass is 9.99. The Kier molecular flexibility index (Phi) is 13.9. The number of rotatable bonds is 14. The lowest BCUT2D eigenvalue weighted by Gasteiger charge is -2.17. The zero-order chi connectivity index (χ0) is 15.1. The summed E-state index contributed by atoms with van der Waals surface area (Å²) in [4.78, 5) is 0. The highest BCUT2D eigenvalue weighted by Gasteiger charge is 2.09. The SMILES string of the molecule is CCCCCCCCCCCCCCOCC(C)(C)C. The third-order valence-electron chi connectivity index (χ3n) is 3.68. The highest BCUT2D eigenvalue weighted by molar-refractivity contribution is 4.58. The van der Waals surface area contributed by atoms with Gasteiger partial charge in [-0.25, -0.2) is 0 Å². The van der Waals surface area contributed by atoms with E-state index in [1.54, 1.807) is 0 Å². The van der Waals surface area contributed by atoms with E-state index in [4.69, 9.17) is 4.74 Å². The molecule has 0 aliphatic rings. The van der Waals surface area contributed by atoms with Crippen LogP contribution < -0.4 is 0 Å². The lowest BCUT2D eigenvalue weighted by molar-refractivity contribution is 0.0686. The van der Waals surface area contributed by atoms with Crippen LogP contribution in [0, 0.1) is 5.41 Å². The Morgan fingerprint density at radius 1 is 0.600 bits per heavy atom. The van der Waals surface area contributed by atoms with Crippen molar-refractivity contribution in [3.63, 3.8) is 0 Å². The van der Waals surface area contributed by atoms with Crippen LogP contribution in [0.5, 0.6) is 0 Å². The van der Waals surface area contributed by atoms with Crippen LogP contribution in [0.25, 0.3) is 0 Å². The molecule has 122 valence electrons. The smallest absolute Gasteiger partial charge is 0.0514 e. The molecular weight excluding hydrogens is 244 g/mol. The molecule has 0 saturated carbocycles. The molecule has 0 N–H and O–H groups in total. The van der Waals surface area contributed by atoms with E-state index in [1.807, 2.05) is 0 Å². The van der Waals surface area contributed by atoms with Gasteiger partial charge in [-0.1, -0.05) is 98.3 Å². The molecule has 0 aliphatic carbocycles. The molecule has 0 unspecified atom stereocenters. The summed E-state index contributed by atoms with van der Waals surface area (Å²) in [5, 5.41) is 0. The minimum Gasteiger partial charge on any atom is -0.381 e. The van der Waals surface area contributed by atoms with Gasteiger partial charge in [0.2, 0.25) is 0 Å². The Morgan fingerprint density at radius 3 is 1.40 bits per heavy atom. The van der Waals surface area contributed by atoms with Crippen LogP contribution in [0.15, 0.2) is 0 Å². The molecule has 20 heavy (non-hydrogen) atoms. The van der Waals surface area contributed by atoms with Gasteiger partial charge in [0.1, 0.15) is 0 Å². The van der Waals surface area contributed by atoms with E-state index in [1.165, 1.54) is 77.0 Å². The number of unbranched alkanes of at least 4 members (excludes halogenated alkanes) is 11. The van der Waals surface area contributed by atoms with Gasteiger partial charge in [0.05, 0.1) is 6.61 Å². The van der Waals surface area contributed by atoms with Crippen LogP contribution in [-0.4, -0.2) is 13.2 Å². The van der Waals surface area contributed by atoms with E-state index < -0.39 is 0 Å². The summed E-state index contributed by atoms with van der Waals surface area (Å²) in [6, 6.07) is 0. The standard InChI is InChI=1S/C19H40O/c1-5-6-7-8-9-10-11-12-13-14-15-16-17-20-18-19(2,3)4/h5-18H2,1-4H3. The first-order valence-corrected chi connectivity index (χ1v) is 9.14. The van der Waals surface area contributed by atoms with Gasteiger partial charge in [-0.2, -0.15) is 0 Å². The van der Waals surface area contributed by atoms with E-state index in [0.29, 0.717) is 5.41 Å². The van der Waals surface area contributed by atoms with Gasteiger partial charge >= 0.3 is 0 Å². The van der Waals surface area contributed by atoms with Gasteiger partial charge < -0.3 is 4.74 Å². The van der Waals surface area contributed by atoms with Crippen LogP contribution in [0.1, 0.15) is 105 Å². The second-order valence-electron chi connectivity index (χ2n) is 7.50. The van der Waals surface area contributed by atoms with E-state index in [9.17, 15) is 0 Å². The largest absolute Gasteiger partial charge is 0.381 e. The lowest BCUT2D eigenvalue weighted by Crippen LogP contribution is -2.14. The van der Waals surface area contributed by atoms with E-state index >= 15 is 0 Å². The Bertz CT molecular complexity index is 181. The maximum atomic E-state index is 5.69. The Balaban J connectivity index is 2.99. The van der Waals surface area contributed by atoms with Crippen molar-refractivity contribution in [2.75, 3.05) is 13.2 Å². The molecule has 0 aromatic heterocycles. The fraction of sp³-hybridized carbons (Fsp3) is 1.00. The quantitative estimate of drug-likeness (QED) is 0.320. The summed E-state index contributed by atoms with van der Waals surface area (Å²) >= 11 is 0. The number of hydrogen-bond donors (Lipinski definition) is 0. The average molecular weight is 285 g/mol. The maximum absolute atomic E-state index is 5.69. The molecule has 0 amide bonds. The molecule has 0 aromatic rings. The predicted octanol–water partition coefficient (Wildman–Crippen LogP) is 6.75. The fourth-order valence-corrected chi connectivity index (χ4v) is 2.42. The first-order chi connectivity index (χ1) is 9.56. The van der Waals surface area contributed by atoms with Crippen molar-refractivity contribution in [1.29, 1.82) is 0 Å². The van der Waals surface area contributed by atoms with Gasteiger partial charge in [-0.3, -0.25) is 0 Å². The Labute approximate surface area is 128 Å². The van der Waals surface area contributed by atoms with E-state index in [0.717, 1.165) is 13.2 Å². The van der Waals surface area contributed by atoms with E-state index in [-0.39, 0.29) is 0 Å². The van der Waals surface area contributed by atoms with E-state index in [2.05, 4.69) is 27.7 Å². The fourth-order valence-electron chi connectivity index (χ4n) is 2.42. The topological polar surface area (TPSA) is 9.23 Å². The molecule has 0 atom stereocenters. The summed E-state index contributed by atoms with van der Waals surface area (Å²) in [7, 11) is 0. The summed E-state index contributed by atoms with van der Waals surface area (Å²) in [5.41, 5.74) is 0.317. The molecule has 0 saturated heterocycles. The molecule has 0 fully saturated rings. The zero-order valence-electron chi connectivity index (χ0n) is 14.8. The number of ether oxygens (including phenoxy) is 1. The van der Waals surface area contributed by atoms with Gasteiger partial charge in [-0.15, -0.1) is 0 Å². The molecule has 1 heteroatoms. The van der Waals surface area contributed by atoms with Gasteiger partial charge in [0, 0.05) is 6.61 Å². The third-order valence-corrected chi connectivity index (χ3v) is 3.68. The first kappa shape index (κ1) is 20.0. The van der Waals surface area contributed by atoms with Crippen molar-refractivity contribution < 1.29 is 4.74 Å². The molecule has 0 radical (unpaired) electrons. The third kappa shape index (κ3) is 18.0. The zero-order valence-corrected chi connectivity index (χ0v) is 14.8. The van der Waals surface area contributed by atoms with Crippen molar-refractivity contribution in [3.8, 4) is 0 Å². The van der Waals surface area contributed by atoms with Crippen LogP contribution in [-0.2, 0) is 4.74 Å². The van der Waals surface area contributed by atoms with Crippen molar-refractivity contribution in [2.24, 2.45) is 5.41 Å². The van der Waals surface area contributed by atoms with Gasteiger partial charge in [0.25, 0.3) is 0 Å². The molecule has 0 spiro atoms. The highest BCUT2D eigenvalue weighted by atomic mass is 16.5.